The summed E-state index contributed by atoms with van der Waals surface area (Å²) >= 11 is 3.32. The maximum atomic E-state index is 11.8. The molecule has 22 heavy (non-hydrogen) atoms. The Balaban J connectivity index is 1.99. The Morgan fingerprint density at radius 3 is 2.73 bits per heavy atom. The van der Waals surface area contributed by atoms with Crippen LogP contribution in [0, 0.1) is 11.3 Å². The molecule has 0 radical (unpaired) electrons. The molecule has 2 aromatic rings. The Labute approximate surface area is 136 Å². The summed E-state index contributed by atoms with van der Waals surface area (Å²) in [6.45, 7) is -0.236. The number of hydrogen-bond donors (Lipinski definition) is 0. The third-order valence-corrected chi connectivity index (χ3v) is 3.16. The molecule has 0 aliphatic carbocycles. The molecule has 0 saturated heterocycles. The predicted molar refractivity (Wildman–Crippen MR) is 83.0 cm³/mol. The molecule has 0 heterocycles. The molecule has 5 nitrogen and oxygen atoms in total. The fourth-order valence-electron chi connectivity index (χ4n) is 1.67. The van der Waals surface area contributed by atoms with Crippen LogP contribution < -0.4 is 14.2 Å². The molecule has 0 N–H and O–H groups in total. The number of hydrogen-bond acceptors (Lipinski definition) is 5. The lowest BCUT2D eigenvalue weighted by Gasteiger charge is -2.10. The Morgan fingerprint density at radius 1 is 1.23 bits per heavy atom. The van der Waals surface area contributed by atoms with Crippen LogP contribution in [-0.2, 0) is 4.79 Å². The summed E-state index contributed by atoms with van der Waals surface area (Å²) in [6.07, 6.45) is 0. The van der Waals surface area contributed by atoms with Crippen molar-refractivity contribution in [2.24, 2.45) is 0 Å². The Hall–Kier alpha value is -2.52. The molecule has 6 heteroatoms. The highest BCUT2D eigenvalue weighted by Gasteiger charge is 2.11. The summed E-state index contributed by atoms with van der Waals surface area (Å²) in [6, 6.07) is 13.7. The van der Waals surface area contributed by atoms with Gasteiger partial charge in [0.25, 0.3) is 0 Å². The number of esters is 1. The van der Waals surface area contributed by atoms with Gasteiger partial charge < -0.3 is 14.2 Å². The predicted octanol–water partition coefficient (Wildman–Crippen LogP) is 3.31. The van der Waals surface area contributed by atoms with Crippen molar-refractivity contribution in [1.29, 1.82) is 5.26 Å². The maximum absolute atomic E-state index is 11.8. The molecule has 0 aromatic heterocycles. The van der Waals surface area contributed by atoms with Gasteiger partial charge in [-0.05, 0) is 30.3 Å². The molecule has 0 amide bonds. The molecule has 0 aliphatic heterocycles. The first kappa shape index (κ1) is 15.9. The molecule has 0 aliphatic rings. The zero-order chi connectivity index (χ0) is 15.9. The molecule has 0 spiro atoms. The van der Waals surface area contributed by atoms with E-state index in [0.717, 1.165) is 4.47 Å². The highest BCUT2D eigenvalue weighted by Crippen LogP contribution is 2.28. The fourth-order valence-corrected chi connectivity index (χ4v) is 2.05. The number of carbonyl (C=O) groups excluding carboxylic acids is 1. The number of rotatable bonds is 5. The average molecular weight is 362 g/mol. The van der Waals surface area contributed by atoms with Crippen molar-refractivity contribution in [3.63, 3.8) is 0 Å². The van der Waals surface area contributed by atoms with E-state index in [9.17, 15) is 4.79 Å². The van der Waals surface area contributed by atoms with Crippen LogP contribution in [0.3, 0.4) is 0 Å². The number of halogens is 1. The van der Waals surface area contributed by atoms with Crippen molar-refractivity contribution in [3.05, 3.63) is 52.5 Å². The first-order chi connectivity index (χ1) is 10.6. The second kappa shape index (κ2) is 7.48. The van der Waals surface area contributed by atoms with Crippen LogP contribution in [0.4, 0.5) is 0 Å². The van der Waals surface area contributed by atoms with Gasteiger partial charge in [-0.2, -0.15) is 5.26 Å². The molecule has 0 bridgehead atoms. The van der Waals surface area contributed by atoms with Crippen molar-refractivity contribution in [2.75, 3.05) is 13.7 Å². The lowest BCUT2D eigenvalue weighted by Crippen LogP contribution is -2.18. The van der Waals surface area contributed by atoms with Crippen LogP contribution in [0.2, 0.25) is 0 Å². The monoisotopic (exact) mass is 361 g/mol. The van der Waals surface area contributed by atoms with E-state index in [2.05, 4.69) is 15.9 Å². The minimum Gasteiger partial charge on any atom is -0.493 e. The topological polar surface area (TPSA) is 68.5 Å². The zero-order valence-corrected chi connectivity index (χ0v) is 13.3. The number of nitrogens with zero attached hydrogens (tertiary/aromatic N) is 1. The highest BCUT2D eigenvalue weighted by atomic mass is 79.9. The first-order valence-electron chi connectivity index (χ1n) is 6.29. The smallest absolute Gasteiger partial charge is 0.349 e. The van der Waals surface area contributed by atoms with Gasteiger partial charge in [0.05, 0.1) is 18.7 Å². The standard InChI is InChI=1S/C16H12BrNO4/c1-20-15-7-11(9-18)5-6-14(15)22-16(19)10-21-13-4-2-3-12(17)8-13/h2-8H,10H2,1H3. The van der Waals surface area contributed by atoms with Gasteiger partial charge >= 0.3 is 5.97 Å². The number of benzene rings is 2. The van der Waals surface area contributed by atoms with Gasteiger partial charge in [0.15, 0.2) is 18.1 Å². The SMILES string of the molecule is COc1cc(C#N)ccc1OC(=O)COc1cccc(Br)c1. The van der Waals surface area contributed by atoms with Crippen molar-refractivity contribution < 1.29 is 19.0 Å². The normalized spacial score (nSPS) is 9.68. The lowest BCUT2D eigenvalue weighted by molar-refractivity contribution is -0.136. The third kappa shape index (κ3) is 4.24. The third-order valence-electron chi connectivity index (χ3n) is 2.67. The van der Waals surface area contributed by atoms with E-state index >= 15 is 0 Å². The van der Waals surface area contributed by atoms with Gasteiger partial charge in [0.2, 0.25) is 0 Å². The molecule has 0 unspecified atom stereocenters. The Morgan fingerprint density at radius 2 is 2.05 bits per heavy atom. The lowest BCUT2D eigenvalue weighted by atomic mass is 10.2. The first-order valence-corrected chi connectivity index (χ1v) is 7.09. The van der Waals surface area contributed by atoms with Crippen molar-refractivity contribution in [3.8, 4) is 23.3 Å². The Bertz CT molecular complexity index is 724. The molecular formula is C16H12BrNO4. The summed E-state index contributed by atoms with van der Waals surface area (Å²) in [7, 11) is 1.44. The number of methoxy groups -OCH3 is 1. The van der Waals surface area contributed by atoms with Crippen molar-refractivity contribution in [2.45, 2.75) is 0 Å². The van der Waals surface area contributed by atoms with Crippen LogP contribution in [0.1, 0.15) is 5.56 Å². The van der Waals surface area contributed by atoms with E-state index in [-0.39, 0.29) is 12.4 Å². The second-order valence-corrected chi connectivity index (χ2v) is 5.11. The number of nitriles is 1. The van der Waals surface area contributed by atoms with Gasteiger partial charge in [-0.15, -0.1) is 0 Å². The van der Waals surface area contributed by atoms with E-state index in [4.69, 9.17) is 19.5 Å². The second-order valence-electron chi connectivity index (χ2n) is 4.20. The van der Waals surface area contributed by atoms with Gasteiger partial charge in [-0.25, -0.2) is 4.79 Å². The van der Waals surface area contributed by atoms with E-state index in [1.54, 1.807) is 24.3 Å². The van der Waals surface area contributed by atoms with Gasteiger partial charge in [-0.1, -0.05) is 22.0 Å². The minimum atomic E-state index is -0.567. The van der Waals surface area contributed by atoms with Gasteiger partial charge in [0, 0.05) is 10.5 Å². The Kier molecular flexibility index (Phi) is 5.39. The van der Waals surface area contributed by atoms with E-state index in [1.165, 1.54) is 19.2 Å². The average Bonchev–Trinajstić information content (AvgIpc) is 2.53. The summed E-state index contributed by atoms with van der Waals surface area (Å²) in [5, 5.41) is 8.83. The molecular weight excluding hydrogens is 350 g/mol. The largest absolute Gasteiger partial charge is 0.493 e. The zero-order valence-electron chi connectivity index (χ0n) is 11.7. The van der Waals surface area contributed by atoms with Crippen LogP contribution in [0.5, 0.6) is 17.2 Å². The van der Waals surface area contributed by atoms with Crippen molar-refractivity contribution in [1.82, 2.24) is 0 Å². The summed E-state index contributed by atoms with van der Waals surface area (Å²) in [4.78, 5) is 11.8. The number of ether oxygens (including phenoxy) is 3. The van der Waals surface area contributed by atoms with Crippen molar-refractivity contribution >= 4 is 21.9 Å². The van der Waals surface area contributed by atoms with Crippen LogP contribution in [0.15, 0.2) is 46.9 Å². The molecule has 2 aromatic carbocycles. The van der Waals surface area contributed by atoms with E-state index in [1.807, 2.05) is 12.1 Å². The van der Waals surface area contributed by atoms with Crippen LogP contribution >= 0.6 is 15.9 Å². The fraction of sp³-hybridized carbons (Fsp3) is 0.125. The summed E-state index contributed by atoms with van der Waals surface area (Å²) < 4.78 is 16.5. The van der Waals surface area contributed by atoms with Crippen LogP contribution in [0.25, 0.3) is 0 Å². The molecule has 112 valence electrons. The van der Waals surface area contributed by atoms with Gasteiger partial charge in [-0.3, -0.25) is 0 Å². The van der Waals surface area contributed by atoms with Gasteiger partial charge in [0.1, 0.15) is 5.75 Å². The maximum Gasteiger partial charge on any atom is 0.349 e. The van der Waals surface area contributed by atoms with E-state index in [0.29, 0.717) is 17.1 Å². The molecule has 2 rings (SSSR count). The minimum absolute atomic E-state index is 0.236. The molecule has 0 fully saturated rings. The summed E-state index contributed by atoms with van der Waals surface area (Å²) in [5.74, 6) is 0.542. The molecule has 0 saturated carbocycles. The summed E-state index contributed by atoms with van der Waals surface area (Å²) in [5.41, 5.74) is 0.419. The van der Waals surface area contributed by atoms with E-state index < -0.39 is 5.97 Å². The quantitative estimate of drug-likeness (QED) is 0.603. The highest BCUT2D eigenvalue weighted by molar-refractivity contribution is 9.10. The van der Waals surface area contributed by atoms with Crippen LogP contribution in [-0.4, -0.2) is 19.7 Å². The molecule has 0 atom stereocenters. The number of carbonyl (C=O) groups is 1.